The molecule has 0 radical (unpaired) electrons. The Morgan fingerprint density at radius 3 is 2.93 bits per heavy atom. The number of pyridine rings is 1. The minimum atomic E-state index is -0.703. The number of aromatic hydroxyl groups is 1. The average Bonchev–Trinajstić information content (AvgIpc) is 2.77. The molecule has 0 spiro atoms. The molecule has 0 bridgehead atoms. The zero-order valence-corrected chi connectivity index (χ0v) is 15.7. The maximum Gasteiger partial charge on any atom is 0.357 e. The highest BCUT2D eigenvalue weighted by Gasteiger charge is 2.31. The molecule has 1 N–H and O–H groups in total. The monoisotopic (exact) mass is 400 g/mol. The van der Waals surface area contributed by atoms with Crippen molar-refractivity contribution in [2.45, 2.75) is 6.04 Å². The fourth-order valence-corrected chi connectivity index (χ4v) is 3.01. The lowest BCUT2D eigenvalue weighted by atomic mass is 10.1. The Morgan fingerprint density at radius 2 is 2.17 bits per heavy atom. The first-order valence-electron chi connectivity index (χ1n) is 8.88. The standard InChI is InChI=1S/C20H20N2O7/c1-27-20(26)18-14(4-3-7-21-18)19(25)22-8-9-28-11-13(22)12-29-17-6-2-5-16(24)15(17)10-23/h2-7,10,13,24H,8-9,11-12H2,1H3/t13-/m0/s1. The van der Waals surface area contributed by atoms with E-state index < -0.39 is 17.9 Å². The van der Waals surface area contributed by atoms with Gasteiger partial charge < -0.3 is 24.2 Å². The number of aromatic nitrogens is 1. The summed E-state index contributed by atoms with van der Waals surface area (Å²) in [6, 6.07) is 7.09. The first-order valence-corrected chi connectivity index (χ1v) is 8.88. The summed E-state index contributed by atoms with van der Waals surface area (Å²) in [5.41, 5.74) is 0.0851. The number of esters is 1. The topological polar surface area (TPSA) is 115 Å². The van der Waals surface area contributed by atoms with Crippen LogP contribution in [0.25, 0.3) is 0 Å². The quantitative estimate of drug-likeness (QED) is 0.570. The Kier molecular flexibility index (Phi) is 6.40. The highest BCUT2D eigenvalue weighted by molar-refractivity contribution is 6.04. The van der Waals surface area contributed by atoms with Crippen molar-refractivity contribution in [3.8, 4) is 11.5 Å². The number of carbonyl (C=O) groups excluding carboxylic acids is 3. The molecule has 9 heteroatoms. The third-order valence-electron chi connectivity index (χ3n) is 4.50. The minimum absolute atomic E-state index is 0.0299. The third kappa shape index (κ3) is 4.35. The van der Waals surface area contributed by atoms with Crippen molar-refractivity contribution in [2.75, 3.05) is 33.5 Å². The molecular formula is C20H20N2O7. The van der Waals surface area contributed by atoms with E-state index in [0.717, 1.165) is 0 Å². The molecule has 0 unspecified atom stereocenters. The number of amides is 1. The van der Waals surface area contributed by atoms with Gasteiger partial charge in [0.25, 0.3) is 5.91 Å². The third-order valence-corrected chi connectivity index (χ3v) is 4.50. The van der Waals surface area contributed by atoms with Crippen LogP contribution < -0.4 is 4.74 Å². The summed E-state index contributed by atoms with van der Waals surface area (Å²) in [7, 11) is 1.22. The number of morpholine rings is 1. The van der Waals surface area contributed by atoms with Crippen molar-refractivity contribution in [1.82, 2.24) is 9.88 Å². The molecular weight excluding hydrogens is 380 g/mol. The van der Waals surface area contributed by atoms with Gasteiger partial charge in [0, 0.05) is 12.7 Å². The second-order valence-corrected chi connectivity index (χ2v) is 6.24. The van der Waals surface area contributed by atoms with Gasteiger partial charge in [-0.25, -0.2) is 9.78 Å². The molecule has 2 heterocycles. The number of carbonyl (C=O) groups is 3. The van der Waals surface area contributed by atoms with Crippen molar-refractivity contribution >= 4 is 18.2 Å². The number of rotatable bonds is 6. The number of hydrogen-bond donors (Lipinski definition) is 1. The van der Waals surface area contributed by atoms with E-state index in [-0.39, 0.29) is 41.5 Å². The Labute approximate surface area is 166 Å². The lowest BCUT2D eigenvalue weighted by Gasteiger charge is -2.35. The van der Waals surface area contributed by atoms with Crippen LogP contribution in [0.1, 0.15) is 31.2 Å². The van der Waals surface area contributed by atoms with Crippen molar-refractivity contribution in [2.24, 2.45) is 0 Å². The summed E-state index contributed by atoms with van der Waals surface area (Å²) in [4.78, 5) is 41.8. The van der Waals surface area contributed by atoms with Crippen molar-refractivity contribution in [3.05, 3.63) is 53.3 Å². The van der Waals surface area contributed by atoms with Crippen LogP contribution in [0.2, 0.25) is 0 Å². The molecule has 2 aromatic rings. The SMILES string of the molecule is COC(=O)c1ncccc1C(=O)N1CCOC[C@H]1COc1cccc(O)c1C=O. The molecule has 9 nitrogen and oxygen atoms in total. The predicted octanol–water partition coefficient (Wildman–Crippen LogP) is 1.31. The molecule has 0 saturated carbocycles. The zero-order chi connectivity index (χ0) is 20.8. The minimum Gasteiger partial charge on any atom is -0.507 e. The molecule has 1 aromatic heterocycles. The van der Waals surface area contributed by atoms with E-state index in [0.29, 0.717) is 19.4 Å². The fourth-order valence-electron chi connectivity index (χ4n) is 3.01. The smallest absolute Gasteiger partial charge is 0.357 e. The maximum atomic E-state index is 13.1. The molecule has 1 saturated heterocycles. The summed E-state index contributed by atoms with van der Waals surface area (Å²) in [6.45, 7) is 0.878. The average molecular weight is 400 g/mol. The van der Waals surface area contributed by atoms with Crippen LogP contribution in [0.3, 0.4) is 0 Å². The van der Waals surface area contributed by atoms with E-state index in [1.165, 1.54) is 30.3 Å². The molecule has 29 heavy (non-hydrogen) atoms. The Balaban J connectivity index is 1.80. The number of nitrogens with zero attached hydrogens (tertiary/aromatic N) is 2. The van der Waals surface area contributed by atoms with Gasteiger partial charge >= 0.3 is 5.97 Å². The Hall–Kier alpha value is -3.46. The number of benzene rings is 1. The van der Waals surface area contributed by atoms with E-state index in [1.807, 2.05) is 0 Å². The molecule has 152 valence electrons. The maximum absolute atomic E-state index is 13.1. The van der Waals surface area contributed by atoms with Crippen molar-refractivity contribution in [3.63, 3.8) is 0 Å². The number of hydrogen-bond acceptors (Lipinski definition) is 8. The Bertz CT molecular complexity index is 915. The van der Waals surface area contributed by atoms with Gasteiger partial charge in [0.1, 0.15) is 18.1 Å². The summed E-state index contributed by atoms with van der Waals surface area (Å²) < 4.78 is 15.9. The largest absolute Gasteiger partial charge is 0.507 e. The molecule has 1 aliphatic rings. The molecule has 0 aliphatic carbocycles. The molecule has 1 atom stereocenters. The summed E-state index contributed by atoms with van der Waals surface area (Å²) >= 11 is 0. The van der Waals surface area contributed by atoms with Crippen LogP contribution in [-0.2, 0) is 9.47 Å². The van der Waals surface area contributed by atoms with Gasteiger partial charge in [0.15, 0.2) is 12.0 Å². The number of ether oxygens (including phenoxy) is 3. The number of aldehydes is 1. The van der Waals surface area contributed by atoms with E-state index in [9.17, 15) is 19.5 Å². The summed E-state index contributed by atoms with van der Waals surface area (Å²) in [5, 5.41) is 9.77. The van der Waals surface area contributed by atoms with Gasteiger partial charge in [-0.1, -0.05) is 6.07 Å². The van der Waals surface area contributed by atoms with Crippen LogP contribution in [0.4, 0.5) is 0 Å². The lowest BCUT2D eigenvalue weighted by Crippen LogP contribution is -2.51. The zero-order valence-electron chi connectivity index (χ0n) is 15.7. The number of methoxy groups -OCH3 is 1. The van der Waals surface area contributed by atoms with Crippen LogP contribution in [0.5, 0.6) is 11.5 Å². The van der Waals surface area contributed by atoms with Crippen molar-refractivity contribution in [1.29, 1.82) is 0 Å². The van der Waals surface area contributed by atoms with Gasteiger partial charge in [-0.05, 0) is 24.3 Å². The molecule has 1 aromatic carbocycles. The van der Waals surface area contributed by atoms with Gasteiger partial charge in [-0.15, -0.1) is 0 Å². The van der Waals surface area contributed by atoms with E-state index in [4.69, 9.17) is 14.2 Å². The normalized spacial score (nSPS) is 16.2. The second kappa shape index (κ2) is 9.16. The van der Waals surface area contributed by atoms with Crippen LogP contribution >= 0.6 is 0 Å². The number of phenolic OH excluding ortho intramolecular Hbond substituents is 1. The van der Waals surface area contributed by atoms with E-state index >= 15 is 0 Å². The molecule has 1 fully saturated rings. The van der Waals surface area contributed by atoms with Gasteiger partial charge in [-0.3, -0.25) is 9.59 Å². The number of phenols is 1. The lowest BCUT2D eigenvalue weighted by molar-refractivity contribution is -0.0152. The molecule has 3 rings (SSSR count). The van der Waals surface area contributed by atoms with Crippen LogP contribution in [-0.4, -0.2) is 72.7 Å². The fraction of sp³-hybridized carbons (Fsp3) is 0.300. The highest BCUT2D eigenvalue weighted by Crippen LogP contribution is 2.26. The van der Waals surface area contributed by atoms with E-state index in [1.54, 1.807) is 18.2 Å². The molecule has 1 amide bonds. The predicted molar refractivity (Wildman–Crippen MR) is 100 cm³/mol. The summed E-state index contributed by atoms with van der Waals surface area (Å²) in [5.74, 6) is -1.09. The first kappa shape index (κ1) is 20.3. The Morgan fingerprint density at radius 1 is 1.34 bits per heavy atom. The first-order chi connectivity index (χ1) is 14.1. The van der Waals surface area contributed by atoms with Crippen LogP contribution in [0.15, 0.2) is 36.5 Å². The van der Waals surface area contributed by atoms with Gasteiger partial charge in [0.05, 0.1) is 37.5 Å². The highest BCUT2D eigenvalue weighted by atomic mass is 16.5. The van der Waals surface area contributed by atoms with E-state index in [2.05, 4.69) is 4.98 Å². The summed E-state index contributed by atoms with van der Waals surface area (Å²) in [6.07, 6.45) is 1.91. The van der Waals surface area contributed by atoms with Crippen LogP contribution in [0, 0.1) is 0 Å². The van der Waals surface area contributed by atoms with Crippen molar-refractivity contribution < 1.29 is 33.7 Å². The van der Waals surface area contributed by atoms with Gasteiger partial charge in [0.2, 0.25) is 0 Å². The van der Waals surface area contributed by atoms with Gasteiger partial charge in [-0.2, -0.15) is 0 Å². The second-order valence-electron chi connectivity index (χ2n) is 6.24. The molecule has 1 aliphatic heterocycles.